The van der Waals surface area contributed by atoms with Gasteiger partial charge in [-0.05, 0) is 12.5 Å². The molecule has 8 heteroatoms. The first-order chi connectivity index (χ1) is 8.54. The van der Waals surface area contributed by atoms with Gasteiger partial charge in [-0.2, -0.15) is 4.57 Å². The molecule has 0 aliphatic heterocycles. The second-order valence-corrected chi connectivity index (χ2v) is 4.26. The van der Waals surface area contributed by atoms with Crippen molar-refractivity contribution in [3.05, 3.63) is 29.1 Å². The van der Waals surface area contributed by atoms with Crippen LogP contribution >= 0.6 is 0 Å². The molecule has 0 radical (unpaired) electrons. The summed E-state index contributed by atoms with van der Waals surface area (Å²) in [6.45, 7) is 6.31. The lowest BCUT2D eigenvalue weighted by Crippen LogP contribution is -2.46. The van der Waals surface area contributed by atoms with Crippen molar-refractivity contribution in [1.29, 1.82) is 0 Å². The van der Waals surface area contributed by atoms with Crippen LogP contribution in [0.25, 0.3) is 0 Å². The normalized spacial score (nSPS) is 12.7. The molecule has 0 fully saturated rings. The second kappa shape index (κ2) is 7.45. The number of aryl methyl sites for hydroxylation is 3. The maximum absolute atomic E-state index is 9.75. The van der Waals surface area contributed by atoms with Crippen molar-refractivity contribution < 1.29 is 32.0 Å². The summed E-state index contributed by atoms with van der Waals surface area (Å²) in [6, 6.07) is 4.13. The van der Waals surface area contributed by atoms with E-state index < -0.39 is 13.4 Å². The van der Waals surface area contributed by atoms with E-state index in [1.165, 1.54) is 5.56 Å². The lowest BCUT2D eigenvalue weighted by molar-refractivity contribution is -0.715. The van der Waals surface area contributed by atoms with E-state index in [9.17, 15) is 22.4 Å². The van der Waals surface area contributed by atoms with Crippen LogP contribution in [-0.4, -0.2) is 30.2 Å². The molecule has 0 saturated carbocycles. The largest absolute Gasteiger partial charge is 0.673 e. The zero-order valence-electron chi connectivity index (χ0n) is 11.1. The number of aliphatic hydroxyl groups is 2. The lowest BCUT2D eigenvalue weighted by atomic mass is 10.2. The molecule has 19 heavy (non-hydrogen) atoms. The van der Waals surface area contributed by atoms with Crippen LogP contribution in [0.1, 0.15) is 17.0 Å². The Morgan fingerprint density at radius 3 is 1.79 bits per heavy atom. The van der Waals surface area contributed by atoms with E-state index in [0.29, 0.717) is 6.54 Å². The van der Waals surface area contributed by atoms with Crippen molar-refractivity contribution in [2.24, 2.45) is 0 Å². The molecule has 0 spiro atoms. The Balaban J connectivity index is 0.000000555. The number of pyridine rings is 1. The fourth-order valence-electron chi connectivity index (χ4n) is 1.69. The molecule has 2 N–H and O–H groups in total. The molecular weight excluding hydrogens is 265 g/mol. The predicted octanol–water partition coefficient (Wildman–Crippen LogP) is 1.55. The Bertz CT molecular complexity index is 383. The molecule has 1 rings (SSSR count). The van der Waals surface area contributed by atoms with Crippen molar-refractivity contribution in [2.75, 3.05) is 6.61 Å². The monoisotopic (exact) mass is 283 g/mol. The summed E-state index contributed by atoms with van der Waals surface area (Å²) in [5, 5.41) is 18.1. The van der Waals surface area contributed by atoms with Crippen LogP contribution in [0.5, 0.6) is 0 Å². The molecule has 110 valence electrons. The average Bonchev–Trinajstić information content (AvgIpc) is 2.20. The summed E-state index contributed by atoms with van der Waals surface area (Å²) in [4.78, 5) is 0. The molecular formula is C11H18BF4NO2. The highest BCUT2D eigenvalue weighted by molar-refractivity contribution is 6.50. The highest BCUT2D eigenvalue weighted by Gasteiger charge is 2.20. The summed E-state index contributed by atoms with van der Waals surface area (Å²) in [6.07, 6.45) is -0.680. The van der Waals surface area contributed by atoms with Gasteiger partial charge >= 0.3 is 7.25 Å². The number of hydrogen-bond donors (Lipinski definition) is 2. The first-order valence-electron chi connectivity index (χ1n) is 5.68. The molecule has 0 aromatic carbocycles. The van der Waals surface area contributed by atoms with Gasteiger partial charge in [0.15, 0.2) is 17.9 Å². The minimum Gasteiger partial charge on any atom is -0.418 e. The molecule has 0 bridgehead atoms. The predicted molar refractivity (Wildman–Crippen MR) is 64.1 cm³/mol. The van der Waals surface area contributed by atoms with Crippen LogP contribution in [-0.2, 0) is 6.54 Å². The van der Waals surface area contributed by atoms with Gasteiger partial charge in [-0.15, -0.1) is 0 Å². The van der Waals surface area contributed by atoms with Gasteiger partial charge in [-0.3, -0.25) is 0 Å². The molecule has 3 nitrogen and oxygen atoms in total. The summed E-state index contributed by atoms with van der Waals surface area (Å²) in [7, 11) is -6.00. The van der Waals surface area contributed by atoms with Gasteiger partial charge in [-0.1, -0.05) is 0 Å². The van der Waals surface area contributed by atoms with Gasteiger partial charge in [0, 0.05) is 26.0 Å². The topological polar surface area (TPSA) is 44.3 Å². The molecule has 0 aliphatic rings. The number of aromatic nitrogens is 1. The molecule has 0 amide bonds. The van der Waals surface area contributed by atoms with E-state index in [0.717, 1.165) is 11.4 Å². The smallest absolute Gasteiger partial charge is 0.418 e. The standard InChI is InChI=1S/C11H18NO2.BF4/c1-8-4-9(2)12(10(3)5-8)6-11(14)7-13;2-1(3,4)5/h4-5,11,13-14H,6-7H2,1-3H3;/q+1;-1. The van der Waals surface area contributed by atoms with E-state index in [1.54, 1.807) is 0 Å². The van der Waals surface area contributed by atoms with Gasteiger partial charge in [0.25, 0.3) is 0 Å². The van der Waals surface area contributed by atoms with Crippen LogP contribution in [0.3, 0.4) is 0 Å². The minimum absolute atomic E-state index is 0.195. The molecule has 0 aliphatic carbocycles. The van der Waals surface area contributed by atoms with Crippen molar-refractivity contribution >= 4 is 7.25 Å². The van der Waals surface area contributed by atoms with Gasteiger partial charge in [-0.25, -0.2) is 0 Å². The van der Waals surface area contributed by atoms with Crippen LogP contribution < -0.4 is 4.57 Å². The van der Waals surface area contributed by atoms with E-state index >= 15 is 0 Å². The third kappa shape index (κ3) is 8.55. The number of hydrogen-bond acceptors (Lipinski definition) is 2. The fraction of sp³-hybridized carbons (Fsp3) is 0.545. The summed E-state index contributed by atoms with van der Waals surface area (Å²) in [5.41, 5.74) is 3.43. The van der Waals surface area contributed by atoms with Crippen molar-refractivity contribution in [3.63, 3.8) is 0 Å². The third-order valence-corrected chi connectivity index (χ3v) is 2.33. The van der Waals surface area contributed by atoms with E-state index in [4.69, 9.17) is 5.11 Å². The zero-order valence-corrected chi connectivity index (χ0v) is 11.1. The Morgan fingerprint density at radius 1 is 1.11 bits per heavy atom. The number of nitrogens with zero attached hydrogens (tertiary/aromatic N) is 1. The third-order valence-electron chi connectivity index (χ3n) is 2.33. The average molecular weight is 283 g/mol. The van der Waals surface area contributed by atoms with Crippen molar-refractivity contribution in [2.45, 2.75) is 33.4 Å². The number of aliphatic hydroxyl groups excluding tert-OH is 2. The highest BCUT2D eigenvalue weighted by Crippen LogP contribution is 2.06. The molecule has 1 aromatic rings. The van der Waals surface area contributed by atoms with Gasteiger partial charge in [0.05, 0.1) is 6.61 Å². The molecule has 1 heterocycles. The van der Waals surface area contributed by atoms with Crippen LogP contribution in [0.4, 0.5) is 17.3 Å². The van der Waals surface area contributed by atoms with Gasteiger partial charge in [0.2, 0.25) is 0 Å². The first-order valence-corrected chi connectivity index (χ1v) is 5.68. The van der Waals surface area contributed by atoms with E-state index in [1.807, 2.05) is 25.3 Å². The first kappa shape index (κ1) is 17.9. The van der Waals surface area contributed by atoms with Gasteiger partial charge < -0.3 is 27.5 Å². The quantitative estimate of drug-likeness (QED) is 0.502. The number of rotatable bonds is 3. The molecule has 1 unspecified atom stereocenters. The van der Waals surface area contributed by atoms with Crippen LogP contribution in [0.2, 0.25) is 0 Å². The maximum Gasteiger partial charge on any atom is 0.673 e. The SMILES string of the molecule is Cc1cc(C)[n+](CC(O)CO)c(C)c1.F[B-](F)(F)F. The van der Waals surface area contributed by atoms with Crippen molar-refractivity contribution in [3.8, 4) is 0 Å². The number of halogens is 4. The second-order valence-electron chi connectivity index (χ2n) is 4.26. The lowest BCUT2D eigenvalue weighted by Gasteiger charge is -2.08. The molecule has 1 atom stereocenters. The minimum atomic E-state index is -6.00. The summed E-state index contributed by atoms with van der Waals surface area (Å²) >= 11 is 0. The Morgan fingerprint density at radius 2 is 1.47 bits per heavy atom. The molecule has 0 saturated heterocycles. The van der Waals surface area contributed by atoms with Crippen molar-refractivity contribution in [1.82, 2.24) is 0 Å². The summed E-state index contributed by atoms with van der Waals surface area (Å²) in [5.74, 6) is 0. The van der Waals surface area contributed by atoms with E-state index in [-0.39, 0.29) is 6.61 Å². The molecule has 1 aromatic heterocycles. The van der Waals surface area contributed by atoms with Crippen LogP contribution in [0.15, 0.2) is 12.1 Å². The van der Waals surface area contributed by atoms with E-state index in [2.05, 4.69) is 12.1 Å². The Labute approximate surface area is 109 Å². The summed E-state index contributed by atoms with van der Waals surface area (Å²) < 4.78 is 41.0. The highest BCUT2D eigenvalue weighted by atomic mass is 19.5. The Hall–Kier alpha value is -1.15. The zero-order chi connectivity index (χ0) is 15.2. The van der Waals surface area contributed by atoms with Gasteiger partial charge in [0.1, 0.15) is 6.10 Å². The maximum atomic E-state index is 9.75. The van der Waals surface area contributed by atoms with Crippen LogP contribution in [0, 0.1) is 20.8 Å². The fourth-order valence-corrected chi connectivity index (χ4v) is 1.69. The Kier molecular flexibility index (Phi) is 7.00.